The smallest absolute Gasteiger partial charge is 0.255 e. The normalized spacial score (nSPS) is 20.7. The fraction of sp³-hybridized carbons (Fsp3) is 0.350. The van der Waals surface area contributed by atoms with Crippen molar-refractivity contribution in [2.45, 2.75) is 25.2 Å². The standard InChI is InChI=1S/C20H22ClFN2O3S/c1-13-8-14(2)12-24(11-13)28(26,27)19-9-15(6-7-18(19)22)20(25)23-17-5-3-4-16(21)10-17/h3-7,9-10,13-14H,8,11-12H2,1-2H3,(H,23,25). The minimum Gasteiger partial charge on any atom is -0.322 e. The van der Waals surface area contributed by atoms with Gasteiger partial charge >= 0.3 is 0 Å². The van der Waals surface area contributed by atoms with Gasteiger partial charge in [-0.15, -0.1) is 0 Å². The van der Waals surface area contributed by atoms with Crippen molar-refractivity contribution in [3.63, 3.8) is 0 Å². The Morgan fingerprint density at radius 1 is 1.14 bits per heavy atom. The summed E-state index contributed by atoms with van der Waals surface area (Å²) in [6.45, 7) is 4.63. The summed E-state index contributed by atoms with van der Waals surface area (Å²) < 4.78 is 41.7. The number of rotatable bonds is 4. The maximum atomic E-state index is 14.4. The van der Waals surface area contributed by atoms with E-state index in [1.807, 2.05) is 13.8 Å². The Hall–Kier alpha value is -1.96. The number of hydrogen-bond donors (Lipinski definition) is 1. The van der Waals surface area contributed by atoms with E-state index in [4.69, 9.17) is 11.6 Å². The molecule has 150 valence electrons. The molecule has 28 heavy (non-hydrogen) atoms. The summed E-state index contributed by atoms with van der Waals surface area (Å²) in [5, 5.41) is 3.09. The highest BCUT2D eigenvalue weighted by atomic mass is 35.5. The van der Waals surface area contributed by atoms with Crippen molar-refractivity contribution in [2.24, 2.45) is 11.8 Å². The molecule has 0 aromatic heterocycles. The van der Waals surface area contributed by atoms with E-state index >= 15 is 0 Å². The van der Waals surface area contributed by atoms with Crippen molar-refractivity contribution in [3.8, 4) is 0 Å². The van der Waals surface area contributed by atoms with E-state index in [9.17, 15) is 17.6 Å². The summed E-state index contributed by atoms with van der Waals surface area (Å²) in [7, 11) is -4.04. The van der Waals surface area contributed by atoms with Gasteiger partial charge in [-0.05, 0) is 54.7 Å². The molecule has 1 aliphatic heterocycles. The molecule has 2 unspecified atom stereocenters. The number of carbonyl (C=O) groups is 1. The second-order valence-electron chi connectivity index (χ2n) is 7.38. The average Bonchev–Trinajstić information content (AvgIpc) is 2.61. The molecule has 0 saturated carbocycles. The molecule has 0 spiro atoms. The molecule has 2 atom stereocenters. The molecule has 1 heterocycles. The molecule has 1 fully saturated rings. The largest absolute Gasteiger partial charge is 0.322 e. The van der Waals surface area contributed by atoms with Crippen LogP contribution in [0.3, 0.4) is 0 Å². The van der Waals surface area contributed by atoms with Gasteiger partial charge in [0.15, 0.2) is 0 Å². The van der Waals surface area contributed by atoms with Gasteiger partial charge in [0.1, 0.15) is 10.7 Å². The molecule has 1 N–H and O–H groups in total. The molecule has 1 saturated heterocycles. The number of anilines is 1. The van der Waals surface area contributed by atoms with E-state index in [1.165, 1.54) is 10.4 Å². The molecule has 5 nitrogen and oxygen atoms in total. The molecule has 3 rings (SSSR count). The molecular weight excluding hydrogens is 403 g/mol. The van der Waals surface area contributed by atoms with Crippen LogP contribution in [0, 0.1) is 17.7 Å². The van der Waals surface area contributed by atoms with Crippen molar-refractivity contribution in [3.05, 3.63) is 58.9 Å². The summed E-state index contributed by atoms with van der Waals surface area (Å²) in [5.74, 6) is -1.03. The van der Waals surface area contributed by atoms with Crippen molar-refractivity contribution < 1.29 is 17.6 Å². The quantitative estimate of drug-likeness (QED) is 0.791. The lowest BCUT2D eigenvalue weighted by atomic mass is 9.94. The minimum atomic E-state index is -4.04. The van der Waals surface area contributed by atoms with Gasteiger partial charge < -0.3 is 5.32 Å². The first-order valence-corrected chi connectivity index (χ1v) is 10.8. The Labute approximate surface area is 169 Å². The molecule has 2 aromatic carbocycles. The van der Waals surface area contributed by atoms with Gasteiger partial charge in [0, 0.05) is 29.4 Å². The van der Waals surface area contributed by atoms with E-state index in [1.54, 1.807) is 24.3 Å². The lowest BCUT2D eigenvalue weighted by molar-refractivity contribution is 0.102. The van der Waals surface area contributed by atoms with Crippen LogP contribution in [0.2, 0.25) is 5.02 Å². The highest BCUT2D eigenvalue weighted by Crippen LogP contribution is 2.28. The van der Waals surface area contributed by atoms with Gasteiger partial charge in [-0.3, -0.25) is 4.79 Å². The maximum Gasteiger partial charge on any atom is 0.255 e. The van der Waals surface area contributed by atoms with Gasteiger partial charge in [-0.1, -0.05) is 31.5 Å². The van der Waals surface area contributed by atoms with E-state index in [-0.39, 0.29) is 17.4 Å². The van der Waals surface area contributed by atoms with Crippen molar-refractivity contribution >= 4 is 33.2 Å². The summed E-state index contributed by atoms with van der Waals surface area (Å²) in [6.07, 6.45) is 0.927. The third-order valence-electron chi connectivity index (χ3n) is 4.73. The van der Waals surface area contributed by atoms with Crippen LogP contribution in [0.4, 0.5) is 10.1 Å². The lowest BCUT2D eigenvalue weighted by Gasteiger charge is -2.34. The number of hydrogen-bond acceptors (Lipinski definition) is 3. The number of amides is 1. The Balaban J connectivity index is 1.89. The SMILES string of the molecule is CC1CC(C)CN(S(=O)(=O)c2cc(C(=O)Nc3cccc(Cl)c3)ccc2F)C1. The highest BCUT2D eigenvalue weighted by molar-refractivity contribution is 7.89. The van der Waals surface area contributed by atoms with E-state index in [0.717, 1.165) is 18.6 Å². The number of halogens is 2. The van der Waals surface area contributed by atoms with Crippen LogP contribution in [0.5, 0.6) is 0 Å². The van der Waals surface area contributed by atoms with Crippen molar-refractivity contribution in [2.75, 3.05) is 18.4 Å². The summed E-state index contributed by atoms with van der Waals surface area (Å²) in [4.78, 5) is 12.0. The third kappa shape index (κ3) is 4.54. The van der Waals surface area contributed by atoms with E-state index in [2.05, 4.69) is 5.32 Å². The van der Waals surface area contributed by atoms with Crippen LogP contribution >= 0.6 is 11.6 Å². The maximum absolute atomic E-state index is 14.4. The fourth-order valence-electron chi connectivity index (χ4n) is 3.55. The number of nitrogens with one attached hydrogen (secondary N) is 1. The highest BCUT2D eigenvalue weighted by Gasteiger charge is 2.33. The molecular formula is C20H22ClFN2O3S. The lowest BCUT2D eigenvalue weighted by Crippen LogP contribution is -2.42. The van der Waals surface area contributed by atoms with Crippen LogP contribution in [-0.4, -0.2) is 31.7 Å². The Morgan fingerprint density at radius 3 is 2.46 bits per heavy atom. The number of sulfonamides is 1. The molecule has 0 bridgehead atoms. The fourth-order valence-corrected chi connectivity index (χ4v) is 5.51. The topological polar surface area (TPSA) is 66.5 Å². The third-order valence-corrected chi connectivity index (χ3v) is 6.81. The molecule has 2 aromatic rings. The first kappa shape index (κ1) is 20.8. The van der Waals surface area contributed by atoms with Gasteiger partial charge in [-0.2, -0.15) is 4.31 Å². The number of nitrogens with zero attached hydrogens (tertiary/aromatic N) is 1. The molecule has 1 amide bonds. The van der Waals surface area contributed by atoms with Gasteiger partial charge in [0.05, 0.1) is 0 Å². The van der Waals surface area contributed by atoms with Crippen molar-refractivity contribution in [1.82, 2.24) is 4.31 Å². The second kappa shape index (κ2) is 8.19. The monoisotopic (exact) mass is 424 g/mol. The van der Waals surface area contributed by atoms with Crippen molar-refractivity contribution in [1.29, 1.82) is 0 Å². The second-order valence-corrected chi connectivity index (χ2v) is 9.72. The Morgan fingerprint density at radius 2 is 1.82 bits per heavy atom. The number of benzene rings is 2. The zero-order valence-electron chi connectivity index (χ0n) is 15.7. The molecule has 8 heteroatoms. The van der Waals surface area contributed by atoms with Gasteiger partial charge in [0.2, 0.25) is 10.0 Å². The predicted molar refractivity (Wildman–Crippen MR) is 108 cm³/mol. The average molecular weight is 425 g/mol. The summed E-state index contributed by atoms with van der Waals surface area (Å²) >= 11 is 5.90. The predicted octanol–water partition coefficient (Wildman–Crippen LogP) is 4.40. The summed E-state index contributed by atoms with van der Waals surface area (Å²) in [6, 6.07) is 9.93. The molecule has 0 aliphatic carbocycles. The minimum absolute atomic E-state index is 0.0538. The zero-order chi connectivity index (χ0) is 20.5. The number of carbonyl (C=O) groups excluding carboxylic acids is 1. The van der Waals surface area contributed by atoms with E-state index < -0.39 is 26.6 Å². The molecule has 0 radical (unpaired) electrons. The summed E-state index contributed by atoms with van der Waals surface area (Å²) in [5.41, 5.74) is 0.517. The van der Waals surface area contributed by atoms with Crippen LogP contribution in [-0.2, 0) is 10.0 Å². The van der Waals surface area contributed by atoms with Crippen LogP contribution in [0.15, 0.2) is 47.4 Å². The Kier molecular flexibility index (Phi) is 6.07. The number of piperidine rings is 1. The van der Waals surface area contributed by atoms with E-state index in [0.29, 0.717) is 23.8 Å². The first-order chi connectivity index (χ1) is 13.2. The van der Waals surface area contributed by atoms with Crippen LogP contribution in [0.1, 0.15) is 30.6 Å². The van der Waals surface area contributed by atoms with Gasteiger partial charge in [0.25, 0.3) is 5.91 Å². The first-order valence-electron chi connectivity index (χ1n) is 9.03. The van der Waals surface area contributed by atoms with Crippen LogP contribution in [0.25, 0.3) is 0 Å². The molecule has 1 aliphatic rings. The Bertz CT molecular complexity index is 987. The zero-order valence-corrected chi connectivity index (χ0v) is 17.2. The van der Waals surface area contributed by atoms with Gasteiger partial charge in [-0.25, -0.2) is 12.8 Å². The van der Waals surface area contributed by atoms with Crippen LogP contribution < -0.4 is 5.32 Å².